The van der Waals surface area contributed by atoms with Crippen molar-refractivity contribution in [1.82, 2.24) is 5.32 Å². The summed E-state index contributed by atoms with van der Waals surface area (Å²) in [5, 5.41) is 4.50. The summed E-state index contributed by atoms with van der Waals surface area (Å²) in [5.74, 6) is 0. The summed E-state index contributed by atoms with van der Waals surface area (Å²) in [6.07, 6.45) is 0. The summed E-state index contributed by atoms with van der Waals surface area (Å²) in [5.41, 5.74) is 1.12. The van der Waals surface area contributed by atoms with E-state index in [-0.39, 0.29) is 0 Å². The molecule has 1 aromatic rings. The van der Waals surface area contributed by atoms with Crippen LogP contribution in [0.1, 0.15) is 12.5 Å². The maximum absolute atomic E-state index is 5.91. The van der Waals surface area contributed by atoms with Crippen molar-refractivity contribution in [3.8, 4) is 0 Å². The summed E-state index contributed by atoms with van der Waals surface area (Å²) in [4.78, 5) is 0. The van der Waals surface area contributed by atoms with Crippen LogP contribution in [0.3, 0.4) is 0 Å². The van der Waals surface area contributed by atoms with Crippen molar-refractivity contribution in [2.45, 2.75) is 19.5 Å². The molecule has 1 aromatic carbocycles. The highest BCUT2D eigenvalue weighted by atomic mass is 35.5. The van der Waals surface area contributed by atoms with Gasteiger partial charge in [0.25, 0.3) is 0 Å². The smallest absolute Gasteiger partial charge is 0.0613 e. The Balaban J connectivity index is 2.47. The number of hydrogen-bond donors (Lipinski definition) is 1. The summed E-state index contributed by atoms with van der Waals surface area (Å²) >= 11 is 11.7. The minimum Gasteiger partial charge on any atom is -0.383 e. The highest BCUT2D eigenvalue weighted by Gasteiger charge is 2.02. The monoisotopic (exact) mass is 247 g/mol. The van der Waals surface area contributed by atoms with Crippen LogP contribution >= 0.6 is 23.2 Å². The van der Waals surface area contributed by atoms with E-state index in [1.165, 1.54) is 0 Å². The third-order valence-electron chi connectivity index (χ3n) is 2.06. The fourth-order valence-electron chi connectivity index (χ4n) is 1.25. The lowest BCUT2D eigenvalue weighted by atomic mass is 10.2. The van der Waals surface area contributed by atoms with E-state index in [0.29, 0.717) is 22.7 Å². The van der Waals surface area contributed by atoms with Crippen molar-refractivity contribution in [2.24, 2.45) is 0 Å². The lowest BCUT2D eigenvalue weighted by molar-refractivity contribution is 0.171. The van der Waals surface area contributed by atoms with Gasteiger partial charge in [-0.15, -0.1) is 0 Å². The molecule has 0 radical (unpaired) electrons. The summed E-state index contributed by atoms with van der Waals surface area (Å²) in [6, 6.07) is 5.96. The van der Waals surface area contributed by atoms with E-state index in [4.69, 9.17) is 27.9 Å². The molecule has 0 spiro atoms. The Bertz CT molecular complexity index is 317. The van der Waals surface area contributed by atoms with Crippen molar-refractivity contribution in [2.75, 3.05) is 13.7 Å². The number of halogens is 2. The SMILES string of the molecule is COCC(C)NCc1ccc(Cl)c(Cl)c1. The minimum atomic E-state index is 0.324. The van der Waals surface area contributed by atoms with Gasteiger partial charge in [-0.1, -0.05) is 29.3 Å². The molecule has 1 atom stereocenters. The second-order valence-electron chi connectivity index (χ2n) is 3.49. The summed E-state index contributed by atoms with van der Waals surface area (Å²) < 4.78 is 5.03. The Labute approximate surface area is 101 Å². The first-order valence-electron chi connectivity index (χ1n) is 4.79. The highest BCUT2D eigenvalue weighted by Crippen LogP contribution is 2.22. The van der Waals surface area contributed by atoms with Gasteiger partial charge in [0.05, 0.1) is 16.7 Å². The molecule has 0 bridgehead atoms. The molecule has 0 aliphatic heterocycles. The van der Waals surface area contributed by atoms with Crippen LogP contribution in [-0.4, -0.2) is 19.8 Å². The minimum absolute atomic E-state index is 0.324. The first-order chi connectivity index (χ1) is 7.13. The number of ether oxygens (including phenoxy) is 1. The van der Waals surface area contributed by atoms with Crippen molar-refractivity contribution < 1.29 is 4.74 Å². The second-order valence-corrected chi connectivity index (χ2v) is 4.30. The average molecular weight is 248 g/mol. The molecule has 0 heterocycles. The fraction of sp³-hybridized carbons (Fsp3) is 0.455. The van der Waals surface area contributed by atoms with Crippen LogP contribution in [0.2, 0.25) is 10.0 Å². The van der Waals surface area contributed by atoms with E-state index in [0.717, 1.165) is 12.1 Å². The first kappa shape index (κ1) is 12.8. The number of methoxy groups -OCH3 is 1. The Morgan fingerprint density at radius 1 is 1.33 bits per heavy atom. The lowest BCUT2D eigenvalue weighted by Gasteiger charge is -2.12. The largest absolute Gasteiger partial charge is 0.383 e. The summed E-state index contributed by atoms with van der Waals surface area (Å²) in [7, 11) is 1.69. The maximum Gasteiger partial charge on any atom is 0.0613 e. The first-order valence-corrected chi connectivity index (χ1v) is 5.55. The highest BCUT2D eigenvalue weighted by molar-refractivity contribution is 6.42. The molecule has 15 heavy (non-hydrogen) atoms. The lowest BCUT2D eigenvalue weighted by Crippen LogP contribution is -2.29. The number of hydrogen-bond acceptors (Lipinski definition) is 2. The molecule has 1 unspecified atom stereocenters. The predicted molar refractivity (Wildman–Crippen MR) is 64.6 cm³/mol. The molecule has 0 aromatic heterocycles. The van der Waals surface area contributed by atoms with Crippen LogP contribution in [0, 0.1) is 0 Å². The Kier molecular flexibility index (Phi) is 5.40. The molecule has 0 saturated carbocycles. The van der Waals surface area contributed by atoms with Crippen LogP contribution in [0.15, 0.2) is 18.2 Å². The quantitative estimate of drug-likeness (QED) is 0.864. The van der Waals surface area contributed by atoms with E-state index >= 15 is 0 Å². The van der Waals surface area contributed by atoms with Gasteiger partial charge in [0.15, 0.2) is 0 Å². The number of benzene rings is 1. The molecule has 84 valence electrons. The van der Waals surface area contributed by atoms with Crippen molar-refractivity contribution >= 4 is 23.2 Å². The van der Waals surface area contributed by atoms with Gasteiger partial charge in [-0.2, -0.15) is 0 Å². The molecule has 0 saturated heterocycles. The van der Waals surface area contributed by atoms with Gasteiger partial charge < -0.3 is 10.1 Å². The molecule has 1 N–H and O–H groups in total. The topological polar surface area (TPSA) is 21.3 Å². The normalized spacial score (nSPS) is 12.8. The number of rotatable bonds is 5. The van der Waals surface area contributed by atoms with Crippen LogP contribution in [-0.2, 0) is 11.3 Å². The third-order valence-corrected chi connectivity index (χ3v) is 2.79. The number of nitrogens with one attached hydrogen (secondary N) is 1. The predicted octanol–water partition coefficient (Wildman–Crippen LogP) is 3.12. The van der Waals surface area contributed by atoms with E-state index < -0.39 is 0 Å². The van der Waals surface area contributed by atoms with Gasteiger partial charge in [-0.05, 0) is 24.6 Å². The van der Waals surface area contributed by atoms with E-state index in [1.807, 2.05) is 18.2 Å². The van der Waals surface area contributed by atoms with Crippen LogP contribution in [0.25, 0.3) is 0 Å². The van der Waals surface area contributed by atoms with Gasteiger partial charge in [0.1, 0.15) is 0 Å². The molecule has 4 heteroatoms. The standard InChI is InChI=1S/C11H15Cl2NO/c1-8(7-15-2)14-6-9-3-4-10(12)11(13)5-9/h3-5,8,14H,6-7H2,1-2H3. The van der Waals surface area contributed by atoms with Gasteiger partial charge in [-0.3, -0.25) is 0 Å². The molecule has 2 nitrogen and oxygen atoms in total. The van der Waals surface area contributed by atoms with Crippen LogP contribution in [0.4, 0.5) is 0 Å². The van der Waals surface area contributed by atoms with Gasteiger partial charge in [0, 0.05) is 19.7 Å². The maximum atomic E-state index is 5.91. The van der Waals surface area contributed by atoms with Crippen LogP contribution in [0.5, 0.6) is 0 Å². The van der Waals surface area contributed by atoms with E-state index in [2.05, 4.69) is 12.2 Å². The van der Waals surface area contributed by atoms with E-state index in [1.54, 1.807) is 7.11 Å². The zero-order chi connectivity index (χ0) is 11.3. The zero-order valence-electron chi connectivity index (χ0n) is 8.89. The van der Waals surface area contributed by atoms with Crippen LogP contribution < -0.4 is 5.32 Å². The Morgan fingerprint density at radius 2 is 2.07 bits per heavy atom. The molecule has 0 aliphatic carbocycles. The van der Waals surface area contributed by atoms with Crippen molar-refractivity contribution in [3.05, 3.63) is 33.8 Å². The molecule has 1 rings (SSSR count). The van der Waals surface area contributed by atoms with Crippen molar-refractivity contribution in [1.29, 1.82) is 0 Å². The van der Waals surface area contributed by atoms with Gasteiger partial charge >= 0.3 is 0 Å². The Morgan fingerprint density at radius 3 is 2.67 bits per heavy atom. The van der Waals surface area contributed by atoms with Gasteiger partial charge in [0.2, 0.25) is 0 Å². The second kappa shape index (κ2) is 6.33. The Hall–Kier alpha value is -0.280. The zero-order valence-corrected chi connectivity index (χ0v) is 10.4. The molecular formula is C11H15Cl2NO. The van der Waals surface area contributed by atoms with Gasteiger partial charge in [-0.25, -0.2) is 0 Å². The molecule has 0 amide bonds. The fourth-order valence-corrected chi connectivity index (χ4v) is 1.57. The molecule has 0 aliphatic rings. The molecule has 0 fully saturated rings. The summed E-state index contributed by atoms with van der Waals surface area (Å²) in [6.45, 7) is 3.53. The van der Waals surface area contributed by atoms with E-state index in [9.17, 15) is 0 Å². The third kappa shape index (κ3) is 4.39. The molecular weight excluding hydrogens is 233 g/mol. The van der Waals surface area contributed by atoms with Crippen molar-refractivity contribution in [3.63, 3.8) is 0 Å². The average Bonchev–Trinajstić information content (AvgIpc) is 2.20.